The van der Waals surface area contributed by atoms with Crippen molar-refractivity contribution < 1.29 is 9.47 Å². The lowest BCUT2D eigenvalue weighted by molar-refractivity contribution is 0.00661. The van der Waals surface area contributed by atoms with Gasteiger partial charge in [-0.3, -0.25) is 4.90 Å². The number of nitrogens with zero attached hydrogens (tertiary/aromatic N) is 1. The molecule has 3 unspecified atom stereocenters. The van der Waals surface area contributed by atoms with Crippen molar-refractivity contribution in [3.63, 3.8) is 0 Å². The van der Waals surface area contributed by atoms with Crippen molar-refractivity contribution in [1.82, 2.24) is 4.90 Å². The lowest BCUT2D eigenvalue weighted by Gasteiger charge is -2.27. The molecule has 3 rings (SSSR count). The molecule has 1 aromatic rings. The van der Waals surface area contributed by atoms with Crippen LogP contribution in [0.1, 0.15) is 30.9 Å². The summed E-state index contributed by atoms with van der Waals surface area (Å²) in [5, 5.41) is 0. The summed E-state index contributed by atoms with van der Waals surface area (Å²) in [5.74, 6) is 1.61. The van der Waals surface area contributed by atoms with Crippen LogP contribution < -0.4 is 10.5 Å². The molecule has 2 fully saturated rings. The number of hydrogen-bond donors (Lipinski definition) is 1. The second kappa shape index (κ2) is 6.77. The quantitative estimate of drug-likeness (QED) is 0.923. The Balaban J connectivity index is 1.76. The first-order valence-corrected chi connectivity index (χ1v) is 8.01. The monoisotopic (exact) mass is 290 g/mol. The predicted molar refractivity (Wildman–Crippen MR) is 83.4 cm³/mol. The molecule has 0 bridgehead atoms. The fourth-order valence-corrected chi connectivity index (χ4v) is 3.49. The average molecular weight is 290 g/mol. The van der Waals surface area contributed by atoms with Crippen molar-refractivity contribution in [2.24, 2.45) is 11.7 Å². The van der Waals surface area contributed by atoms with Crippen molar-refractivity contribution in [2.45, 2.75) is 31.4 Å². The molecule has 2 aliphatic rings. The molecular weight excluding hydrogens is 264 g/mol. The summed E-state index contributed by atoms with van der Waals surface area (Å²) in [7, 11) is 2.18. The van der Waals surface area contributed by atoms with Crippen molar-refractivity contribution in [2.75, 3.05) is 33.4 Å². The molecule has 2 aliphatic heterocycles. The Labute approximate surface area is 127 Å². The van der Waals surface area contributed by atoms with E-state index < -0.39 is 0 Å². The molecule has 116 valence electrons. The van der Waals surface area contributed by atoms with E-state index in [0.717, 1.165) is 44.7 Å². The van der Waals surface area contributed by atoms with Crippen LogP contribution in [0.25, 0.3) is 0 Å². The smallest absolute Gasteiger partial charge is 0.124 e. The number of rotatable bonds is 4. The van der Waals surface area contributed by atoms with Crippen molar-refractivity contribution in [3.8, 4) is 5.75 Å². The summed E-state index contributed by atoms with van der Waals surface area (Å²) in [6.45, 7) is 3.41. The van der Waals surface area contributed by atoms with Gasteiger partial charge in [-0.15, -0.1) is 0 Å². The van der Waals surface area contributed by atoms with Gasteiger partial charge in [0.05, 0.1) is 6.61 Å². The van der Waals surface area contributed by atoms with Crippen molar-refractivity contribution >= 4 is 0 Å². The highest BCUT2D eigenvalue weighted by Gasteiger charge is 2.31. The minimum absolute atomic E-state index is 0.192. The van der Waals surface area contributed by atoms with E-state index in [0.29, 0.717) is 18.6 Å². The van der Waals surface area contributed by atoms with Gasteiger partial charge in [-0.1, -0.05) is 18.2 Å². The topological polar surface area (TPSA) is 47.7 Å². The average Bonchev–Trinajstić information content (AvgIpc) is 2.90. The lowest BCUT2D eigenvalue weighted by Crippen LogP contribution is -2.29. The first-order chi connectivity index (χ1) is 10.3. The molecule has 2 saturated heterocycles. The summed E-state index contributed by atoms with van der Waals surface area (Å²) >= 11 is 0. The number of para-hydroxylation sites is 1. The van der Waals surface area contributed by atoms with Gasteiger partial charge in [0.25, 0.3) is 0 Å². The van der Waals surface area contributed by atoms with Gasteiger partial charge >= 0.3 is 0 Å². The molecule has 21 heavy (non-hydrogen) atoms. The molecule has 0 spiro atoms. The van der Waals surface area contributed by atoms with Crippen LogP contribution in [0.3, 0.4) is 0 Å². The van der Waals surface area contributed by atoms with Gasteiger partial charge < -0.3 is 15.2 Å². The van der Waals surface area contributed by atoms with Gasteiger partial charge in [0.2, 0.25) is 0 Å². The fourth-order valence-electron chi connectivity index (χ4n) is 3.49. The largest absolute Gasteiger partial charge is 0.488 e. The minimum Gasteiger partial charge on any atom is -0.488 e. The normalized spacial score (nSPS) is 30.5. The maximum Gasteiger partial charge on any atom is 0.124 e. The molecule has 4 nitrogen and oxygen atoms in total. The molecule has 0 saturated carbocycles. The molecule has 1 aromatic carbocycles. The van der Waals surface area contributed by atoms with E-state index in [1.165, 1.54) is 5.56 Å². The first-order valence-electron chi connectivity index (χ1n) is 8.01. The Morgan fingerprint density at radius 3 is 2.95 bits per heavy atom. The number of nitrogens with two attached hydrogens (primary N) is 1. The number of benzene rings is 1. The standard InChI is InChI=1S/C17H26N2O2/c1-19-11-13(10-18)9-16(19)15-6-2-3-7-17(15)21-14-5-4-8-20-12-14/h2-3,6-7,13-14,16H,4-5,8-12,18H2,1H3. The molecule has 0 amide bonds. The Bertz CT molecular complexity index is 460. The molecule has 2 N–H and O–H groups in total. The Kier molecular flexibility index (Phi) is 4.78. The highest BCUT2D eigenvalue weighted by atomic mass is 16.5. The zero-order chi connectivity index (χ0) is 14.7. The summed E-state index contributed by atoms with van der Waals surface area (Å²) in [6, 6.07) is 8.85. The highest BCUT2D eigenvalue weighted by molar-refractivity contribution is 5.36. The molecule has 0 aliphatic carbocycles. The van der Waals surface area contributed by atoms with E-state index in [4.69, 9.17) is 15.2 Å². The number of likely N-dealkylation sites (tertiary alicyclic amines) is 1. The van der Waals surface area contributed by atoms with Gasteiger partial charge in [-0.05, 0) is 44.8 Å². The number of ether oxygens (including phenoxy) is 2. The van der Waals surface area contributed by atoms with Crippen LogP contribution in [0, 0.1) is 5.92 Å². The second-order valence-electron chi connectivity index (χ2n) is 6.29. The van der Waals surface area contributed by atoms with E-state index in [9.17, 15) is 0 Å². The van der Waals surface area contributed by atoms with E-state index in [2.05, 4.69) is 36.2 Å². The van der Waals surface area contributed by atoms with Crippen molar-refractivity contribution in [3.05, 3.63) is 29.8 Å². The molecule has 3 atom stereocenters. The zero-order valence-electron chi connectivity index (χ0n) is 12.8. The Morgan fingerprint density at radius 2 is 2.24 bits per heavy atom. The highest BCUT2D eigenvalue weighted by Crippen LogP contribution is 2.38. The molecule has 2 heterocycles. The van der Waals surface area contributed by atoms with E-state index in [-0.39, 0.29) is 6.10 Å². The Hall–Kier alpha value is -1.10. The third-order valence-corrected chi connectivity index (χ3v) is 4.66. The Morgan fingerprint density at radius 1 is 1.38 bits per heavy atom. The van der Waals surface area contributed by atoms with Gasteiger partial charge in [0.15, 0.2) is 0 Å². The summed E-state index contributed by atoms with van der Waals surface area (Å²) in [4.78, 5) is 2.40. The summed E-state index contributed by atoms with van der Waals surface area (Å²) in [5.41, 5.74) is 7.14. The van der Waals surface area contributed by atoms with E-state index in [1.807, 2.05) is 0 Å². The first kappa shape index (κ1) is 14.8. The fraction of sp³-hybridized carbons (Fsp3) is 0.647. The zero-order valence-corrected chi connectivity index (χ0v) is 12.8. The van der Waals surface area contributed by atoms with Crippen LogP contribution in [0.4, 0.5) is 0 Å². The minimum atomic E-state index is 0.192. The SMILES string of the molecule is CN1CC(CN)CC1c1ccccc1OC1CCCOC1. The summed E-state index contributed by atoms with van der Waals surface area (Å²) < 4.78 is 11.8. The van der Waals surface area contributed by atoms with Crippen molar-refractivity contribution in [1.29, 1.82) is 0 Å². The molecule has 0 aromatic heterocycles. The molecule has 0 radical (unpaired) electrons. The lowest BCUT2D eigenvalue weighted by atomic mass is 9.99. The maximum atomic E-state index is 6.23. The van der Waals surface area contributed by atoms with Gasteiger partial charge in [0.1, 0.15) is 11.9 Å². The molecular formula is C17H26N2O2. The molecule has 4 heteroatoms. The third kappa shape index (κ3) is 3.39. The van der Waals surface area contributed by atoms with Crippen LogP contribution in [0.2, 0.25) is 0 Å². The summed E-state index contributed by atoms with van der Waals surface area (Å²) in [6.07, 6.45) is 3.48. The maximum absolute atomic E-state index is 6.23. The van der Waals surface area contributed by atoms with Crippen LogP contribution in [-0.2, 0) is 4.74 Å². The van der Waals surface area contributed by atoms with Crippen LogP contribution in [-0.4, -0.2) is 44.4 Å². The second-order valence-corrected chi connectivity index (χ2v) is 6.29. The third-order valence-electron chi connectivity index (χ3n) is 4.66. The van der Waals surface area contributed by atoms with Crippen LogP contribution >= 0.6 is 0 Å². The van der Waals surface area contributed by atoms with E-state index in [1.54, 1.807) is 0 Å². The predicted octanol–water partition coefficient (Wildman–Crippen LogP) is 2.20. The van der Waals surface area contributed by atoms with Gasteiger partial charge in [0, 0.05) is 24.8 Å². The van der Waals surface area contributed by atoms with Crippen LogP contribution in [0.5, 0.6) is 5.75 Å². The van der Waals surface area contributed by atoms with E-state index >= 15 is 0 Å². The number of hydrogen-bond acceptors (Lipinski definition) is 4. The van der Waals surface area contributed by atoms with Crippen LogP contribution in [0.15, 0.2) is 24.3 Å². The van der Waals surface area contributed by atoms with Gasteiger partial charge in [-0.2, -0.15) is 0 Å². The van der Waals surface area contributed by atoms with Gasteiger partial charge in [-0.25, -0.2) is 0 Å².